The molecule has 130 valence electrons. The zero-order valence-electron chi connectivity index (χ0n) is 15.5. The molecule has 23 heavy (non-hydrogen) atoms. The fourth-order valence-electron chi connectivity index (χ4n) is 2.55. The number of aromatic nitrogens is 1. The molecule has 1 unspecified atom stereocenters. The minimum Gasteiger partial charge on any atom is -0.320 e. The van der Waals surface area contributed by atoms with E-state index in [1.54, 1.807) is 18.4 Å². The molecular formula is C18H32N4S. The van der Waals surface area contributed by atoms with Gasteiger partial charge in [-0.25, -0.2) is 4.98 Å². The molecule has 1 aromatic rings. The van der Waals surface area contributed by atoms with E-state index < -0.39 is 0 Å². The standard InChI is InChI=1S/C18H32N4S/c1-7-15(12-20-5)18-21-16(13-23-18)8-9-17(10-11-19-4)22(6)14(2)3/h7,12-14,17,19H,8-11H2,1-6H3/b15-7+,20-12?. The first-order chi connectivity index (χ1) is 11.0. The molecule has 0 spiro atoms. The van der Waals surface area contributed by atoms with Crippen molar-refractivity contribution in [2.45, 2.75) is 52.1 Å². The molecule has 1 heterocycles. The number of thiazole rings is 1. The molecule has 1 N–H and O–H groups in total. The second-order valence-corrected chi connectivity index (χ2v) is 6.98. The number of aryl methyl sites for hydroxylation is 1. The van der Waals surface area contributed by atoms with Crippen molar-refractivity contribution in [1.82, 2.24) is 15.2 Å². The van der Waals surface area contributed by atoms with E-state index in [0.29, 0.717) is 12.1 Å². The molecule has 0 bridgehead atoms. The Labute approximate surface area is 145 Å². The van der Waals surface area contributed by atoms with Gasteiger partial charge in [0.2, 0.25) is 0 Å². The van der Waals surface area contributed by atoms with Gasteiger partial charge in [-0.15, -0.1) is 11.3 Å². The first kappa shape index (κ1) is 20.0. The van der Waals surface area contributed by atoms with Crippen LogP contribution < -0.4 is 5.32 Å². The summed E-state index contributed by atoms with van der Waals surface area (Å²) < 4.78 is 0. The van der Waals surface area contributed by atoms with Gasteiger partial charge in [0.25, 0.3) is 0 Å². The van der Waals surface area contributed by atoms with Crippen LogP contribution in [-0.4, -0.2) is 55.9 Å². The Bertz CT molecular complexity index is 505. The molecule has 0 fully saturated rings. The summed E-state index contributed by atoms with van der Waals surface area (Å²) in [4.78, 5) is 11.4. The number of aliphatic imine (C=N–C) groups is 1. The molecule has 0 aliphatic heterocycles. The highest BCUT2D eigenvalue weighted by atomic mass is 32.1. The molecule has 0 saturated carbocycles. The molecule has 0 amide bonds. The Morgan fingerprint density at radius 1 is 1.43 bits per heavy atom. The van der Waals surface area contributed by atoms with Crippen molar-refractivity contribution < 1.29 is 0 Å². The Kier molecular flexibility index (Phi) is 9.29. The van der Waals surface area contributed by atoms with Crippen LogP contribution in [0.25, 0.3) is 5.57 Å². The van der Waals surface area contributed by atoms with E-state index >= 15 is 0 Å². The third-order valence-corrected chi connectivity index (χ3v) is 5.17. The lowest BCUT2D eigenvalue weighted by Gasteiger charge is -2.31. The summed E-state index contributed by atoms with van der Waals surface area (Å²) in [5, 5.41) is 6.52. The highest BCUT2D eigenvalue weighted by molar-refractivity contribution is 7.11. The number of rotatable bonds is 10. The summed E-state index contributed by atoms with van der Waals surface area (Å²) in [7, 11) is 6.05. The topological polar surface area (TPSA) is 40.5 Å². The third-order valence-electron chi connectivity index (χ3n) is 4.23. The van der Waals surface area contributed by atoms with E-state index in [9.17, 15) is 0 Å². The minimum absolute atomic E-state index is 0.568. The summed E-state index contributed by atoms with van der Waals surface area (Å²) in [5.41, 5.74) is 2.30. The van der Waals surface area contributed by atoms with Gasteiger partial charge in [0, 0.05) is 36.3 Å². The fourth-order valence-corrected chi connectivity index (χ4v) is 3.44. The number of hydrogen-bond donors (Lipinski definition) is 1. The van der Waals surface area contributed by atoms with Crippen LogP contribution in [0.4, 0.5) is 0 Å². The Hall–Kier alpha value is -1.04. The van der Waals surface area contributed by atoms with Crippen LogP contribution in [0, 0.1) is 0 Å². The molecule has 5 heteroatoms. The van der Waals surface area contributed by atoms with Crippen LogP contribution in [0.1, 0.15) is 44.3 Å². The van der Waals surface area contributed by atoms with Gasteiger partial charge in [-0.05, 0) is 60.7 Å². The average Bonchev–Trinajstić information content (AvgIpc) is 3.00. The number of nitrogens with zero attached hydrogens (tertiary/aromatic N) is 3. The van der Waals surface area contributed by atoms with Crippen LogP contribution in [0.15, 0.2) is 16.4 Å². The van der Waals surface area contributed by atoms with Gasteiger partial charge in [-0.1, -0.05) is 6.08 Å². The lowest BCUT2D eigenvalue weighted by molar-refractivity contribution is 0.176. The van der Waals surface area contributed by atoms with Gasteiger partial charge in [0.1, 0.15) is 5.01 Å². The Morgan fingerprint density at radius 2 is 2.17 bits per heavy atom. The lowest BCUT2D eigenvalue weighted by Crippen LogP contribution is -2.39. The molecule has 0 aliphatic carbocycles. The predicted molar refractivity (Wildman–Crippen MR) is 104 cm³/mol. The van der Waals surface area contributed by atoms with E-state index in [0.717, 1.165) is 30.0 Å². The van der Waals surface area contributed by atoms with Crippen LogP contribution in [0.2, 0.25) is 0 Å². The van der Waals surface area contributed by atoms with Crippen LogP contribution in [0.5, 0.6) is 0 Å². The largest absolute Gasteiger partial charge is 0.320 e. The fraction of sp³-hybridized carbons (Fsp3) is 0.667. The summed E-state index contributed by atoms with van der Waals surface area (Å²) in [6, 6.07) is 1.16. The number of hydrogen-bond acceptors (Lipinski definition) is 5. The van der Waals surface area contributed by atoms with E-state index in [1.165, 1.54) is 12.1 Å². The number of allylic oxidation sites excluding steroid dienone is 2. The predicted octanol–water partition coefficient (Wildman–Crippen LogP) is 3.50. The van der Waals surface area contributed by atoms with E-state index in [-0.39, 0.29) is 0 Å². The maximum absolute atomic E-state index is 4.78. The van der Waals surface area contributed by atoms with Gasteiger partial charge in [-0.2, -0.15) is 0 Å². The van der Waals surface area contributed by atoms with Gasteiger partial charge in [0.05, 0.1) is 5.69 Å². The molecule has 1 rings (SSSR count). The summed E-state index contributed by atoms with van der Waals surface area (Å²) >= 11 is 1.71. The maximum atomic E-state index is 4.78. The van der Waals surface area contributed by atoms with Gasteiger partial charge < -0.3 is 10.2 Å². The Balaban J connectivity index is 2.69. The monoisotopic (exact) mass is 336 g/mol. The molecule has 0 aromatic carbocycles. The smallest absolute Gasteiger partial charge is 0.124 e. The SMILES string of the molecule is C/C=C(\C=NC)c1nc(CCC(CCNC)N(C)C(C)C)cs1. The molecule has 1 aromatic heterocycles. The second kappa shape index (κ2) is 10.7. The summed E-state index contributed by atoms with van der Waals surface area (Å²) in [5.74, 6) is 0. The lowest BCUT2D eigenvalue weighted by atomic mass is 10.0. The molecule has 0 saturated heterocycles. The molecule has 4 nitrogen and oxygen atoms in total. The molecule has 1 atom stereocenters. The van der Waals surface area contributed by atoms with E-state index in [4.69, 9.17) is 4.98 Å². The van der Waals surface area contributed by atoms with Crippen molar-refractivity contribution in [2.24, 2.45) is 4.99 Å². The van der Waals surface area contributed by atoms with Crippen molar-refractivity contribution in [1.29, 1.82) is 0 Å². The highest BCUT2D eigenvalue weighted by Crippen LogP contribution is 2.20. The first-order valence-corrected chi connectivity index (χ1v) is 9.31. The summed E-state index contributed by atoms with van der Waals surface area (Å²) in [6.07, 6.45) is 7.29. The minimum atomic E-state index is 0.568. The van der Waals surface area contributed by atoms with Crippen molar-refractivity contribution >= 4 is 23.1 Å². The van der Waals surface area contributed by atoms with Crippen molar-refractivity contribution in [3.8, 4) is 0 Å². The highest BCUT2D eigenvalue weighted by Gasteiger charge is 2.17. The van der Waals surface area contributed by atoms with Crippen molar-refractivity contribution in [2.75, 3.05) is 27.7 Å². The normalized spacial score (nSPS) is 14.3. The van der Waals surface area contributed by atoms with Crippen molar-refractivity contribution in [3.63, 3.8) is 0 Å². The molecule has 0 aliphatic rings. The zero-order valence-corrected chi connectivity index (χ0v) is 16.3. The van der Waals surface area contributed by atoms with E-state index in [2.05, 4.69) is 47.6 Å². The Morgan fingerprint density at radius 3 is 2.74 bits per heavy atom. The van der Waals surface area contributed by atoms with Crippen molar-refractivity contribution in [3.05, 3.63) is 22.2 Å². The second-order valence-electron chi connectivity index (χ2n) is 6.12. The maximum Gasteiger partial charge on any atom is 0.124 e. The zero-order chi connectivity index (χ0) is 17.2. The van der Waals surface area contributed by atoms with Crippen LogP contribution >= 0.6 is 11.3 Å². The van der Waals surface area contributed by atoms with Gasteiger partial charge >= 0.3 is 0 Å². The van der Waals surface area contributed by atoms with Gasteiger partial charge in [0.15, 0.2) is 0 Å². The molecule has 0 radical (unpaired) electrons. The van der Waals surface area contributed by atoms with Crippen LogP contribution in [-0.2, 0) is 6.42 Å². The first-order valence-electron chi connectivity index (χ1n) is 8.43. The third kappa shape index (κ3) is 6.53. The van der Waals surface area contributed by atoms with Crippen LogP contribution in [0.3, 0.4) is 0 Å². The number of nitrogens with one attached hydrogen (secondary N) is 1. The average molecular weight is 337 g/mol. The summed E-state index contributed by atoms with van der Waals surface area (Å²) in [6.45, 7) is 7.61. The quantitative estimate of drug-likeness (QED) is 0.665. The van der Waals surface area contributed by atoms with E-state index in [1.807, 2.05) is 20.2 Å². The molecular weight excluding hydrogens is 304 g/mol. The van der Waals surface area contributed by atoms with Gasteiger partial charge in [-0.3, -0.25) is 4.99 Å².